The Bertz CT molecular complexity index is 332. The number of esters is 1. The molecule has 0 aliphatic heterocycles. The van der Waals surface area contributed by atoms with Crippen LogP contribution < -0.4 is 0 Å². The Hall–Kier alpha value is -0.570. The number of ether oxygens (including phenoxy) is 1. The highest BCUT2D eigenvalue weighted by Crippen LogP contribution is 3.07. The highest BCUT2D eigenvalue weighted by atomic mass is 16.5. The summed E-state index contributed by atoms with van der Waals surface area (Å²) in [6.45, 7) is 0. The molecular weight excluding hydrogens is 168 g/mol. The van der Waals surface area contributed by atoms with Crippen molar-refractivity contribution in [2.75, 3.05) is 7.11 Å². The van der Waals surface area contributed by atoms with Gasteiger partial charge in [0.25, 0.3) is 0 Å². The van der Waals surface area contributed by atoms with E-state index in [-0.39, 0.29) is 17.0 Å². The molecule has 0 radical (unpaired) electrons. The van der Waals surface area contributed by atoms with E-state index >= 15 is 0 Å². The summed E-state index contributed by atoms with van der Waals surface area (Å²) in [6, 6.07) is 0. The maximum Gasteiger partial charge on any atom is 0.312 e. The van der Waals surface area contributed by atoms with Crippen LogP contribution in [0.1, 0.15) is 0 Å². The molecule has 0 saturated heterocycles. The Kier molecular flexibility index (Phi) is 0.515. The number of rotatable bonds is 1. The van der Waals surface area contributed by atoms with Crippen LogP contribution >= 0.6 is 0 Å². The van der Waals surface area contributed by atoms with Crippen LogP contribution in [0.2, 0.25) is 0 Å². The van der Waals surface area contributed by atoms with Gasteiger partial charge in [0.05, 0.1) is 18.1 Å². The number of hydrogen-bond acceptors (Lipinski definition) is 3. The zero-order valence-corrected chi connectivity index (χ0v) is 7.23. The normalized spacial score (nSPS) is 82.0. The predicted molar refractivity (Wildman–Crippen MR) is 40.3 cm³/mol. The van der Waals surface area contributed by atoms with E-state index in [4.69, 9.17) is 4.74 Å². The summed E-state index contributed by atoms with van der Waals surface area (Å²) in [5.41, 5.74) is -0.352. The number of carbonyl (C=O) groups is 1. The molecular formula is C10H10O3. The molecule has 68 valence electrons. The highest BCUT2D eigenvalue weighted by Gasteiger charge is 3.12. The molecule has 6 rings (SSSR count). The van der Waals surface area contributed by atoms with Crippen molar-refractivity contribution in [2.24, 2.45) is 40.9 Å². The Morgan fingerprint density at radius 2 is 1.62 bits per heavy atom. The molecule has 0 bridgehead atoms. The fourth-order valence-corrected chi connectivity index (χ4v) is 6.06. The monoisotopic (exact) mass is 178 g/mol. The number of aliphatic hydroxyl groups is 1. The van der Waals surface area contributed by atoms with Crippen molar-refractivity contribution in [3.63, 3.8) is 0 Å². The van der Waals surface area contributed by atoms with Gasteiger partial charge in [-0.3, -0.25) is 4.79 Å². The van der Waals surface area contributed by atoms with Crippen molar-refractivity contribution in [1.29, 1.82) is 0 Å². The summed E-state index contributed by atoms with van der Waals surface area (Å²) in [5, 5.41) is 10.0. The highest BCUT2D eigenvalue weighted by molar-refractivity contribution is 5.88. The molecule has 6 aliphatic carbocycles. The quantitative estimate of drug-likeness (QED) is 0.558. The van der Waals surface area contributed by atoms with Gasteiger partial charge in [-0.25, -0.2) is 0 Å². The van der Waals surface area contributed by atoms with E-state index < -0.39 is 0 Å². The SMILES string of the molecule is COC(=O)C12C3C4C1C1C2C3C41O. The molecule has 6 aliphatic rings. The van der Waals surface area contributed by atoms with Crippen LogP contribution in [0.5, 0.6) is 0 Å². The molecule has 1 N–H and O–H groups in total. The molecule has 0 amide bonds. The first-order chi connectivity index (χ1) is 6.21. The van der Waals surface area contributed by atoms with Gasteiger partial charge in [0, 0.05) is 0 Å². The predicted octanol–water partition coefficient (Wildman–Crippen LogP) is -0.358. The second-order valence-electron chi connectivity index (χ2n) is 5.47. The zero-order chi connectivity index (χ0) is 8.75. The molecule has 6 saturated carbocycles. The van der Waals surface area contributed by atoms with Crippen LogP contribution in [0.25, 0.3) is 0 Å². The smallest absolute Gasteiger partial charge is 0.312 e. The van der Waals surface area contributed by atoms with Gasteiger partial charge in [0.15, 0.2) is 0 Å². The van der Waals surface area contributed by atoms with Gasteiger partial charge in [0.2, 0.25) is 0 Å². The third kappa shape index (κ3) is 0.224. The summed E-state index contributed by atoms with van der Waals surface area (Å²) < 4.78 is 4.87. The maximum atomic E-state index is 11.6. The van der Waals surface area contributed by atoms with E-state index in [2.05, 4.69) is 0 Å². The van der Waals surface area contributed by atoms with Gasteiger partial charge in [-0.1, -0.05) is 0 Å². The lowest BCUT2D eigenvalue weighted by molar-refractivity contribution is -0.648. The lowest BCUT2D eigenvalue weighted by Crippen LogP contribution is -3.13. The van der Waals surface area contributed by atoms with Crippen molar-refractivity contribution in [3.05, 3.63) is 0 Å². The van der Waals surface area contributed by atoms with Gasteiger partial charge in [-0.05, 0) is 35.5 Å². The Morgan fingerprint density at radius 3 is 2.00 bits per heavy atom. The lowest BCUT2D eigenvalue weighted by Gasteiger charge is -3.08. The maximum absolute atomic E-state index is 11.6. The van der Waals surface area contributed by atoms with E-state index in [1.54, 1.807) is 0 Å². The van der Waals surface area contributed by atoms with Crippen LogP contribution in [0, 0.1) is 40.9 Å². The molecule has 6 fully saturated rings. The van der Waals surface area contributed by atoms with Gasteiger partial charge in [-0.15, -0.1) is 0 Å². The van der Waals surface area contributed by atoms with E-state index in [1.807, 2.05) is 0 Å². The fraction of sp³-hybridized carbons (Fsp3) is 0.900. The molecule has 0 heterocycles. The second-order valence-corrected chi connectivity index (χ2v) is 5.47. The molecule has 0 aromatic heterocycles. The molecule has 3 nitrogen and oxygen atoms in total. The minimum Gasteiger partial charge on any atom is -0.469 e. The minimum atomic E-state index is -0.282. The molecule has 0 aromatic carbocycles. The van der Waals surface area contributed by atoms with Crippen LogP contribution in [-0.2, 0) is 9.53 Å². The average molecular weight is 178 g/mol. The molecule has 13 heavy (non-hydrogen) atoms. The standard InChI is InChI=1S/C10H10O3/c1-13-8(11)9-2-5-3(9)7-4(9)6(2)10(5,7)12/h2-7,12H,1H3. The first-order valence-corrected chi connectivity index (χ1v) is 5.02. The summed E-state index contributed by atoms with van der Waals surface area (Å²) in [5.74, 6) is 3.04. The summed E-state index contributed by atoms with van der Waals surface area (Å²) in [6.07, 6.45) is 0. The van der Waals surface area contributed by atoms with Crippen molar-refractivity contribution in [2.45, 2.75) is 5.60 Å². The Morgan fingerprint density at radius 1 is 1.15 bits per heavy atom. The van der Waals surface area contributed by atoms with Crippen molar-refractivity contribution in [1.82, 2.24) is 0 Å². The molecule has 0 unspecified atom stereocenters. The number of methoxy groups -OCH3 is 1. The summed E-state index contributed by atoms with van der Waals surface area (Å²) >= 11 is 0. The van der Waals surface area contributed by atoms with Crippen molar-refractivity contribution in [3.8, 4) is 0 Å². The van der Waals surface area contributed by atoms with E-state index in [1.165, 1.54) is 7.11 Å². The molecule has 0 aromatic rings. The summed E-state index contributed by atoms with van der Waals surface area (Å²) in [7, 11) is 1.48. The van der Waals surface area contributed by atoms with Crippen LogP contribution in [0.3, 0.4) is 0 Å². The number of carbonyl (C=O) groups excluding carboxylic acids is 1. The van der Waals surface area contributed by atoms with Gasteiger partial charge < -0.3 is 9.84 Å². The van der Waals surface area contributed by atoms with Crippen molar-refractivity contribution >= 4 is 5.97 Å². The first-order valence-electron chi connectivity index (χ1n) is 5.02. The summed E-state index contributed by atoms with van der Waals surface area (Å²) in [4.78, 5) is 11.6. The lowest BCUT2D eigenvalue weighted by atomic mass is 8.95. The van der Waals surface area contributed by atoms with E-state index in [9.17, 15) is 9.90 Å². The first kappa shape index (κ1) is 6.02. The van der Waals surface area contributed by atoms with Crippen molar-refractivity contribution < 1.29 is 14.6 Å². The third-order valence-electron chi connectivity index (χ3n) is 6.12. The largest absolute Gasteiger partial charge is 0.469 e. The van der Waals surface area contributed by atoms with Gasteiger partial charge >= 0.3 is 5.97 Å². The van der Waals surface area contributed by atoms with Gasteiger partial charge in [-0.2, -0.15) is 0 Å². The molecule has 3 heteroatoms. The Balaban J connectivity index is 1.65. The zero-order valence-electron chi connectivity index (χ0n) is 7.23. The van der Waals surface area contributed by atoms with Crippen LogP contribution in [-0.4, -0.2) is 23.8 Å². The topological polar surface area (TPSA) is 46.5 Å². The van der Waals surface area contributed by atoms with Crippen LogP contribution in [0.4, 0.5) is 0 Å². The molecule has 0 atom stereocenters. The minimum absolute atomic E-state index is 0.0120. The van der Waals surface area contributed by atoms with E-state index in [0.717, 1.165) is 0 Å². The average Bonchev–Trinajstić information content (AvgIpc) is 2.18. The third-order valence-corrected chi connectivity index (χ3v) is 6.12. The number of hydrogen-bond donors (Lipinski definition) is 1. The van der Waals surface area contributed by atoms with Gasteiger partial charge in [0.1, 0.15) is 0 Å². The molecule has 0 spiro atoms. The second kappa shape index (κ2) is 1.11. The van der Waals surface area contributed by atoms with Crippen LogP contribution in [0.15, 0.2) is 0 Å². The Labute approximate surface area is 75.1 Å². The fourth-order valence-electron chi connectivity index (χ4n) is 6.06. The van der Waals surface area contributed by atoms with E-state index in [0.29, 0.717) is 35.5 Å².